The fourth-order valence-electron chi connectivity index (χ4n) is 2.56. The van der Waals surface area contributed by atoms with Crippen molar-refractivity contribution in [1.29, 1.82) is 0 Å². The minimum absolute atomic E-state index is 0.530. The largest absolute Gasteiger partial charge is 0.359 e. The molecule has 19 heavy (non-hydrogen) atoms. The van der Waals surface area contributed by atoms with Crippen molar-refractivity contribution >= 4 is 38.3 Å². The molecule has 0 aliphatic carbocycles. The number of aromatic nitrogens is 1. The van der Waals surface area contributed by atoms with Gasteiger partial charge in [0.15, 0.2) is 5.13 Å². The first kappa shape index (κ1) is 13.2. The van der Waals surface area contributed by atoms with Gasteiger partial charge < -0.3 is 10.2 Å². The number of piperidine rings is 1. The Labute approximate surface area is 122 Å². The first-order chi connectivity index (χ1) is 9.11. The van der Waals surface area contributed by atoms with Crippen molar-refractivity contribution in [2.75, 3.05) is 18.9 Å². The molecule has 3 rings (SSSR count). The summed E-state index contributed by atoms with van der Waals surface area (Å²) in [7, 11) is 2.20. The Bertz CT molecular complexity index is 583. The second-order valence-electron chi connectivity index (χ2n) is 5.33. The Morgan fingerprint density at radius 2 is 2.32 bits per heavy atom. The number of hydrogen-bond acceptors (Lipinski definition) is 4. The van der Waals surface area contributed by atoms with E-state index in [1.54, 1.807) is 11.3 Å². The van der Waals surface area contributed by atoms with E-state index in [0.717, 1.165) is 22.2 Å². The molecule has 1 aliphatic heterocycles. The molecular weight excluding hydrogens is 278 g/mol. The second-order valence-corrected chi connectivity index (χ2v) is 6.79. The van der Waals surface area contributed by atoms with Gasteiger partial charge in [0.2, 0.25) is 0 Å². The monoisotopic (exact) mass is 295 g/mol. The second kappa shape index (κ2) is 5.27. The van der Waals surface area contributed by atoms with Gasteiger partial charge in [-0.05, 0) is 45.0 Å². The highest BCUT2D eigenvalue weighted by molar-refractivity contribution is 7.22. The van der Waals surface area contributed by atoms with Crippen LogP contribution in [-0.2, 0) is 0 Å². The zero-order valence-electron chi connectivity index (χ0n) is 11.2. The summed E-state index contributed by atoms with van der Waals surface area (Å²) in [4.78, 5) is 7.03. The van der Waals surface area contributed by atoms with Gasteiger partial charge in [-0.15, -0.1) is 0 Å². The SMILES string of the molecule is CC1CC(Nc2nc3cc(Cl)ccc3s2)CCN1C. The van der Waals surface area contributed by atoms with Gasteiger partial charge in [-0.25, -0.2) is 4.98 Å². The highest BCUT2D eigenvalue weighted by Crippen LogP contribution is 2.29. The molecule has 2 atom stereocenters. The number of halogens is 1. The third-order valence-corrected chi connectivity index (χ3v) is 5.09. The van der Waals surface area contributed by atoms with E-state index < -0.39 is 0 Å². The van der Waals surface area contributed by atoms with E-state index in [4.69, 9.17) is 11.6 Å². The molecule has 1 N–H and O–H groups in total. The number of thiazole rings is 1. The molecule has 0 amide bonds. The molecule has 0 radical (unpaired) electrons. The summed E-state index contributed by atoms with van der Waals surface area (Å²) in [5.41, 5.74) is 0.987. The van der Waals surface area contributed by atoms with Crippen LogP contribution in [0.5, 0.6) is 0 Å². The summed E-state index contributed by atoms with van der Waals surface area (Å²) in [6, 6.07) is 7.05. The number of nitrogens with zero attached hydrogens (tertiary/aromatic N) is 2. The molecule has 102 valence electrons. The summed E-state index contributed by atoms with van der Waals surface area (Å²) in [5.74, 6) is 0. The number of hydrogen-bond donors (Lipinski definition) is 1. The number of benzene rings is 1. The average molecular weight is 296 g/mol. The Hall–Kier alpha value is -0.840. The predicted molar refractivity (Wildman–Crippen MR) is 83.4 cm³/mol. The maximum absolute atomic E-state index is 5.99. The first-order valence-corrected chi connectivity index (χ1v) is 7.84. The van der Waals surface area contributed by atoms with Gasteiger partial charge in [0, 0.05) is 23.7 Å². The smallest absolute Gasteiger partial charge is 0.184 e. The number of rotatable bonds is 2. The van der Waals surface area contributed by atoms with Crippen molar-refractivity contribution < 1.29 is 0 Å². The van der Waals surface area contributed by atoms with Crippen molar-refractivity contribution in [3.8, 4) is 0 Å². The molecule has 1 aliphatic rings. The quantitative estimate of drug-likeness (QED) is 0.912. The van der Waals surface area contributed by atoms with Gasteiger partial charge in [0.25, 0.3) is 0 Å². The van der Waals surface area contributed by atoms with Gasteiger partial charge in [-0.3, -0.25) is 0 Å². The molecule has 0 saturated carbocycles. The Kier molecular flexibility index (Phi) is 3.65. The Morgan fingerprint density at radius 3 is 3.11 bits per heavy atom. The van der Waals surface area contributed by atoms with Crippen molar-refractivity contribution in [2.24, 2.45) is 0 Å². The van der Waals surface area contributed by atoms with E-state index >= 15 is 0 Å². The van der Waals surface area contributed by atoms with Crippen LogP contribution in [0.25, 0.3) is 10.2 Å². The maximum atomic E-state index is 5.99. The number of likely N-dealkylation sites (tertiary alicyclic amines) is 1. The predicted octanol–water partition coefficient (Wildman–Crippen LogP) is 3.84. The maximum Gasteiger partial charge on any atom is 0.184 e. The highest BCUT2D eigenvalue weighted by atomic mass is 35.5. The minimum atomic E-state index is 0.530. The van der Waals surface area contributed by atoms with E-state index in [2.05, 4.69) is 29.2 Å². The fourth-order valence-corrected chi connectivity index (χ4v) is 3.65. The molecule has 2 heterocycles. The molecule has 1 fully saturated rings. The Balaban J connectivity index is 1.74. The average Bonchev–Trinajstić information content (AvgIpc) is 2.75. The fraction of sp³-hybridized carbons (Fsp3) is 0.500. The summed E-state index contributed by atoms with van der Waals surface area (Å²) in [5, 5.41) is 5.34. The van der Waals surface area contributed by atoms with Crippen molar-refractivity contribution in [3.05, 3.63) is 23.2 Å². The van der Waals surface area contributed by atoms with E-state index in [1.807, 2.05) is 18.2 Å². The van der Waals surface area contributed by atoms with E-state index in [1.165, 1.54) is 17.5 Å². The van der Waals surface area contributed by atoms with E-state index in [0.29, 0.717) is 12.1 Å². The lowest BCUT2D eigenvalue weighted by atomic mass is 9.99. The minimum Gasteiger partial charge on any atom is -0.359 e. The zero-order valence-corrected chi connectivity index (χ0v) is 12.8. The van der Waals surface area contributed by atoms with Crippen LogP contribution in [0.15, 0.2) is 18.2 Å². The third-order valence-electron chi connectivity index (χ3n) is 3.89. The molecule has 1 aromatic heterocycles. The van der Waals surface area contributed by atoms with Crippen LogP contribution in [0, 0.1) is 0 Å². The van der Waals surface area contributed by atoms with Crippen LogP contribution in [-0.4, -0.2) is 35.6 Å². The van der Waals surface area contributed by atoms with Crippen LogP contribution in [0.2, 0.25) is 5.02 Å². The number of fused-ring (bicyclic) bond motifs is 1. The Morgan fingerprint density at radius 1 is 1.47 bits per heavy atom. The summed E-state index contributed by atoms with van der Waals surface area (Å²) < 4.78 is 1.19. The lowest BCUT2D eigenvalue weighted by Crippen LogP contribution is -2.42. The number of nitrogens with one attached hydrogen (secondary N) is 1. The zero-order chi connectivity index (χ0) is 13.4. The molecule has 0 spiro atoms. The van der Waals surface area contributed by atoms with Crippen molar-refractivity contribution in [1.82, 2.24) is 9.88 Å². The van der Waals surface area contributed by atoms with Crippen LogP contribution in [0.1, 0.15) is 19.8 Å². The standard InChI is InChI=1S/C14H18ClN3S/c1-9-7-11(5-6-18(9)2)16-14-17-12-8-10(15)3-4-13(12)19-14/h3-4,8-9,11H,5-7H2,1-2H3,(H,16,17). The van der Waals surface area contributed by atoms with Crippen molar-refractivity contribution in [2.45, 2.75) is 31.8 Å². The van der Waals surface area contributed by atoms with Gasteiger partial charge in [-0.2, -0.15) is 0 Å². The third kappa shape index (κ3) is 2.86. The molecule has 1 saturated heterocycles. The van der Waals surface area contributed by atoms with Crippen LogP contribution in [0.4, 0.5) is 5.13 Å². The molecule has 0 bridgehead atoms. The van der Waals surface area contributed by atoms with Gasteiger partial charge in [-0.1, -0.05) is 22.9 Å². The van der Waals surface area contributed by atoms with Crippen molar-refractivity contribution in [3.63, 3.8) is 0 Å². The molecule has 3 nitrogen and oxygen atoms in total. The topological polar surface area (TPSA) is 28.2 Å². The summed E-state index contributed by atoms with van der Waals surface area (Å²) in [6.07, 6.45) is 2.35. The normalized spacial score (nSPS) is 24.8. The van der Waals surface area contributed by atoms with Crippen LogP contribution >= 0.6 is 22.9 Å². The van der Waals surface area contributed by atoms with E-state index in [-0.39, 0.29) is 0 Å². The molecule has 5 heteroatoms. The molecule has 2 unspecified atom stereocenters. The lowest BCUT2D eigenvalue weighted by molar-refractivity contribution is 0.190. The summed E-state index contributed by atoms with van der Waals surface area (Å²) >= 11 is 7.70. The van der Waals surface area contributed by atoms with Gasteiger partial charge in [0.05, 0.1) is 10.2 Å². The van der Waals surface area contributed by atoms with Gasteiger partial charge in [0.1, 0.15) is 0 Å². The molecule has 1 aromatic carbocycles. The summed E-state index contributed by atoms with van der Waals surface area (Å²) in [6.45, 7) is 3.43. The molecule has 2 aromatic rings. The lowest BCUT2D eigenvalue weighted by Gasteiger charge is -2.35. The van der Waals surface area contributed by atoms with Crippen LogP contribution < -0.4 is 5.32 Å². The van der Waals surface area contributed by atoms with E-state index in [9.17, 15) is 0 Å². The molecular formula is C14H18ClN3S. The highest BCUT2D eigenvalue weighted by Gasteiger charge is 2.23. The first-order valence-electron chi connectivity index (χ1n) is 6.64. The van der Waals surface area contributed by atoms with Gasteiger partial charge >= 0.3 is 0 Å². The number of anilines is 1. The van der Waals surface area contributed by atoms with Crippen LogP contribution in [0.3, 0.4) is 0 Å².